The summed E-state index contributed by atoms with van der Waals surface area (Å²) in [6.07, 6.45) is -2.89. The molecule has 136 valence electrons. The summed E-state index contributed by atoms with van der Waals surface area (Å²) in [6.45, 7) is 3.42. The minimum Gasteiger partial charge on any atom is -0.359 e. The Hall–Kier alpha value is -1.84. The van der Waals surface area contributed by atoms with Gasteiger partial charge in [-0.1, -0.05) is 5.16 Å². The maximum absolute atomic E-state index is 13.1. The molecule has 6 nitrogen and oxygen atoms in total. The van der Waals surface area contributed by atoms with E-state index in [2.05, 4.69) is 31.5 Å². The molecule has 3 rings (SSSR count). The van der Waals surface area contributed by atoms with E-state index in [1.807, 2.05) is 0 Å². The van der Waals surface area contributed by atoms with E-state index in [1.54, 1.807) is 13.8 Å². The van der Waals surface area contributed by atoms with Crippen LogP contribution in [0.1, 0.15) is 48.0 Å². The average molecular weight is 421 g/mol. The molecule has 2 aromatic heterocycles. The fourth-order valence-corrected chi connectivity index (χ4v) is 3.45. The van der Waals surface area contributed by atoms with E-state index in [0.29, 0.717) is 22.8 Å². The van der Waals surface area contributed by atoms with E-state index in [4.69, 9.17) is 4.52 Å². The number of nitrogens with one attached hydrogen (secondary N) is 1. The molecule has 0 aromatic carbocycles. The minimum atomic E-state index is -4.54. The van der Waals surface area contributed by atoms with Gasteiger partial charge in [0, 0.05) is 12.3 Å². The SMILES string of the molecule is Cc1noc(C)c1NC(=O)CCn1nc(C(F)(F)F)c(Br)c1C1CC1. The van der Waals surface area contributed by atoms with E-state index >= 15 is 0 Å². The van der Waals surface area contributed by atoms with Crippen molar-refractivity contribution in [3.8, 4) is 0 Å². The second kappa shape index (κ2) is 6.47. The van der Waals surface area contributed by atoms with Crippen LogP contribution < -0.4 is 5.32 Å². The van der Waals surface area contributed by atoms with Gasteiger partial charge in [0.1, 0.15) is 11.4 Å². The van der Waals surface area contributed by atoms with Crippen molar-refractivity contribution in [3.05, 3.63) is 27.3 Å². The van der Waals surface area contributed by atoms with Crippen molar-refractivity contribution in [3.63, 3.8) is 0 Å². The van der Waals surface area contributed by atoms with Crippen molar-refractivity contribution in [2.75, 3.05) is 5.32 Å². The summed E-state index contributed by atoms with van der Waals surface area (Å²) in [7, 11) is 0. The van der Waals surface area contributed by atoms with Gasteiger partial charge in [-0.15, -0.1) is 0 Å². The molecule has 1 fully saturated rings. The Morgan fingerprint density at radius 2 is 2.08 bits per heavy atom. The molecular weight excluding hydrogens is 405 g/mol. The van der Waals surface area contributed by atoms with Crippen molar-refractivity contribution < 1.29 is 22.5 Å². The molecule has 0 aliphatic heterocycles. The van der Waals surface area contributed by atoms with Crippen LogP contribution in [0.15, 0.2) is 9.00 Å². The monoisotopic (exact) mass is 420 g/mol. The zero-order chi connectivity index (χ0) is 18.4. The minimum absolute atomic E-state index is 0.00476. The number of halogens is 4. The first-order valence-corrected chi connectivity index (χ1v) is 8.54. The molecule has 25 heavy (non-hydrogen) atoms. The lowest BCUT2D eigenvalue weighted by Crippen LogP contribution is -2.17. The molecule has 1 N–H and O–H groups in total. The summed E-state index contributed by atoms with van der Waals surface area (Å²) < 4.78 is 45.4. The zero-order valence-electron chi connectivity index (χ0n) is 13.6. The van der Waals surface area contributed by atoms with Gasteiger partial charge < -0.3 is 9.84 Å². The lowest BCUT2D eigenvalue weighted by molar-refractivity contribution is -0.142. The van der Waals surface area contributed by atoms with E-state index in [9.17, 15) is 18.0 Å². The number of carbonyl (C=O) groups excluding carboxylic acids is 1. The summed E-state index contributed by atoms with van der Waals surface area (Å²) >= 11 is 3.03. The third-order valence-corrected chi connectivity index (χ3v) is 4.79. The van der Waals surface area contributed by atoms with Crippen LogP contribution in [0.2, 0.25) is 0 Å². The number of aryl methyl sites for hydroxylation is 3. The zero-order valence-corrected chi connectivity index (χ0v) is 15.2. The summed E-state index contributed by atoms with van der Waals surface area (Å²) in [6, 6.07) is 0. The smallest absolute Gasteiger partial charge is 0.359 e. The number of hydrogen-bond donors (Lipinski definition) is 1. The van der Waals surface area contributed by atoms with Crippen molar-refractivity contribution in [1.82, 2.24) is 14.9 Å². The van der Waals surface area contributed by atoms with Crippen molar-refractivity contribution in [2.45, 2.75) is 51.7 Å². The van der Waals surface area contributed by atoms with Gasteiger partial charge in [0.25, 0.3) is 0 Å². The van der Waals surface area contributed by atoms with Crippen molar-refractivity contribution >= 4 is 27.5 Å². The van der Waals surface area contributed by atoms with Crippen LogP contribution in [0.4, 0.5) is 18.9 Å². The molecule has 0 bridgehead atoms. The number of nitrogens with zero attached hydrogens (tertiary/aromatic N) is 3. The maximum Gasteiger partial charge on any atom is 0.436 e. The van der Waals surface area contributed by atoms with Gasteiger partial charge in [-0.2, -0.15) is 18.3 Å². The molecule has 0 radical (unpaired) electrons. The van der Waals surface area contributed by atoms with Crippen LogP contribution in [0.5, 0.6) is 0 Å². The number of alkyl halides is 3. The quantitative estimate of drug-likeness (QED) is 0.787. The van der Waals surface area contributed by atoms with Gasteiger partial charge >= 0.3 is 6.18 Å². The Bertz CT molecular complexity index is 789. The first-order valence-electron chi connectivity index (χ1n) is 7.74. The number of anilines is 1. The predicted octanol–water partition coefficient (Wildman–Crippen LogP) is 4.18. The summed E-state index contributed by atoms with van der Waals surface area (Å²) in [5.41, 5.74) is 0.605. The van der Waals surface area contributed by atoms with Gasteiger partial charge in [-0.3, -0.25) is 9.48 Å². The second-order valence-corrected chi connectivity index (χ2v) is 6.83. The largest absolute Gasteiger partial charge is 0.436 e. The second-order valence-electron chi connectivity index (χ2n) is 6.04. The van der Waals surface area contributed by atoms with Crippen molar-refractivity contribution in [1.29, 1.82) is 0 Å². The van der Waals surface area contributed by atoms with Crippen LogP contribution in [-0.4, -0.2) is 20.8 Å². The lowest BCUT2D eigenvalue weighted by Gasteiger charge is -2.08. The highest BCUT2D eigenvalue weighted by Gasteiger charge is 2.41. The first-order chi connectivity index (χ1) is 11.7. The van der Waals surface area contributed by atoms with Crippen molar-refractivity contribution in [2.24, 2.45) is 0 Å². The Labute approximate surface area is 149 Å². The summed E-state index contributed by atoms with van der Waals surface area (Å²) in [5.74, 6) is 0.200. The Kier molecular flexibility index (Phi) is 4.65. The Balaban J connectivity index is 1.74. The fraction of sp³-hybridized carbons (Fsp3) is 0.533. The highest BCUT2D eigenvalue weighted by Crippen LogP contribution is 2.47. The number of rotatable bonds is 5. The number of aromatic nitrogens is 3. The van der Waals surface area contributed by atoms with Crippen LogP contribution >= 0.6 is 15.9 Å². The van der Waals surface area contributed by atoms with E-state index in [-0.39, 0.29) is 29.3 Å². The van der Waals surface area contributed by atoms with Gasteiger partial charge in [0.2, 0.25) is 5.91 Å². The highest BCUT2D eigenvalue weighted by molar-refractivity contribution is 9.10. The van der Waals surface area contributed by atoms with E-state index in [1.165, 1.54) is 4.68 Å². The third kappa shape index (κ3) is 3.73. The molecule has 0 atom stereocenters. The maximum atomic E-state index is 13.1. The standard InChI is InChI=1S/C15H16BrF3N4O2/c1-7-12(8(2)25-22-7)20-10(24)5-6-23-13(9-3-4-9)11(16)14(21-23)15(17,18)19/h9H,3-6H2,1-2H3,(H,20,24). The third-order valence-electron chi connectivity index (χ3n) is 4.01. The molecule has 1 aliphatic carbocycles. The molecule has 0 spiro atoms. The summed E-state index contributed by atoms with van der Waals surface area (Å²) in [5, 5.41) is 10.1. The predicted molar refractivity (Wildman–Crippen MR) is 86.1 cm³/mol. The molecule has 0 unspecified atom stereocenters. The molecule has 1 saturated carbocycles. The Morgan fingerprint density at radius 3 is 2.60 bits per heavy atom. The molecular formula is C15H16BrF3N4O2. The lowest BCUT2D eigenvalue weighted by atomic mass is 10.2. The number of carbonyl (C=O) groups is 1. The molecule has 0 saturated heterocycles. The number of hydrogen-bond acceptors (Lipinski definition) is 4. The molecule has 2 heterocycles. The first kappa shape index (κ1) is 18.0. The molecule has 10 heteroatoms. The Morgan fingerprint density at radius 1 is 1.40 bits per heavy atom. The molecule has 2 aromatic rings. The van der Waals surface area contributed by atoms with Gasteiger partial charge in [0.05, 0.1) is 16.7 Å². The normalized spacial score (nSPS) is 14.8. The summed E-state index contributed by atoms with van der Waals surface area (Å²) in [4.78, 5) is 12.1. The van der Waals surface area contributed by atoms with Gasteiger partial charge in [-0.25, -0.2) is 0 Å². The van der Waals surface area contributed by atoms with E-state index < -0.39 is 11.9 Å². The van der Waals surface area contributed by atoms with E-state index in [0.717, 1.165) is 12.8 Å². The van der Waals surface area contributed by atoms with Crippen LogP contribution in [-0.2, 0) is 17.5 Å². The molecule has 1 aliphatic rings. The topological polar surface area (TPSA) is 73.0 Å². The molecule has 1 amide bonds. The highest BCUT2D eigenvalue weighted by atomic mass is 79.9. The van der Waals surface area contributed by atoms with Crippen LogP contribution in [0, 0.1) is 13.8 Å². The fourth-order valence-electron chi connectivity index (χ4n) is 2.62. The van der Waals surface area contributed by atoms with Crippen LogP contribution in [0.25, 0.3) is 0 Å². The van der Waals surface area contributed by atoms with Gasteiger partial charge in [-0.05, 0) is 42.6 Å². The average Bonchev–Trinajstić information content (AvgIpc) is 3.23. The van der Waals surface area contributed by atoms with Gasteiger partial charge in [0.15, 0.2) is 11.5 Å². The number of amides is 1. The van der Waals surface area contributed by atoms with Crippen LogP contribution in [0.3, 0.4) is 0 Å².